The van der Waals surface area contributed by atoms with Crippen LogP contribution >= 0.6 is 11.8 Å². The molecule has 0 aliphatic heterocycles. The van der Waals surface area contributed by atoms with E-state index in [9.17, 15) is 9.18 Å². The highest BCUT2D eigenvalue weighted by Gasteiger charge is 2.16. The number of anilines is 1. The lowest BCUT2D eigenvalue weighted by Crippen LogP contribution is -2.16. The maximum atomic E-state index is 13.3. The SMILES string of the molecule is COc1ccc(NC(=O)CSc2ncc(-c3ccc(F)cc3)n2CC(C)C)c(OC)c1. The van der Waals surface area contributed by atoms with Crippen LogP contribution < -0.4 is 14.8 Å². The number of hydrogen-bond acceptors (Lipinski definition) is 5. The summed E-state index contributed by atoms with van der Waals surface area (Å²) >= 11 is 1.36. The zero-order valence-electron chi connectivity index (χ0n) is 18.0. The molecule has 0 atom stereocenters. The van der Waals surface area contributed by atoms with E-state index in [-0.39, 0.29) is 17.5 Å². The lowest BCUT2D eigenvalue weighted by atomic mass is 10.1. The zero-order valence-corrected chi connectivity index (χ0v) is 18.8. The first kappa shape index (κ1) is 22.7. The van der Waals surface area contributed by atoms with Crippen molar-refractivity contribution in [1.29, 1.82) is 0 Å². The Labute approximate surface area is 185 Å². The summed E-state index contributed by atoms with van der Waals surface area (Å²) in [5.41, 5.74) is 2.36. The van der Waals surface area contributed by atoms with E-state index in [2.05, 4.69) is 28.7 Å². The predicted molar refractivity (Wildman–Crippen MR) is 121 cm³/mol. The fourth-order valence-electron chi connectivity index (χ4n) is 3.08. The minimum absolute atomic E-state index is 0.170. The predicted octanol–water partition coefficient (Wildman–Crippen LogP) is 5.09. The molecule has 0 spiro atoms. The van der Waals surface area contributed by atoms with Crippen molar-refractivity contribution in [2.45, 2.75) is 25.5 Å². The van der Waals surface area contributed by atoms with Gasteiger partial charge in [-0.05, 0) is 47.9 Å². The van der Waals surface area contributed by atoms with E-state index in [0.29, 0.717) is 23.1 Å². The molecule has 0 unspecified atom stereocenters. The number of nitrogens with one attached hydrogen (secondary N) is 1. The molecule has 31 heavy (non-hydrogen) atoms. The van der Waals surface area contributed by atoms with Gasteiger partial charge < -0.3 is 19.4 Å². The number of carbonyl (C=O) groups is 1. The van der Waals surface area contributed by atoms with E-state index in [1.807, 2.05) is 0 Å². The number of hydrogen-bond donors (Lipinski definition) is 1. The number of aromatic nitrogens is 2. The quantitative estimate of drug-likeness (QED) is 0.467. The van der Waals surface area contributed by atoms with Crippen LogP contribution in [0.25, 0.3) is 11.3 Å². The number of thioether (sulfide) groups is 1. The number of rotatable bonds is 9. The number of imidazole rings is 1. The van der Waals surface area contributed by atoms with Gasteiger partial charge in [0.25, 0.3) is 0 Å². The third-order valence-corrected chi connectivity index (χ3v) is 5.51. The largest absolute Gasteiger partial charge is 0.497 e. The van der Waals surface area contributed by atoms with Crippen molar-refractivity contribution in [3.8, 4) is 22.8 Å². The summed E-state index contributed by atoms with van der Waals surface area (Å²) < 4.78 is 25.9. The van der Waals surface area contributed by atoms with E-state index < -0.39 is 0 Å². The molecule has 1 N–H and O–H groups in total. The van der Waals surface area contributed by atoms with Gasteiger partial charge in [0.05, 0.1) is 37.6 Å². The number of ether oxygens (including phenoxy) is 2. The van der Waals surface area contributed by atoms with Gasteiger partial charge in [-0.25, -0.2) is 9.37 Å². The van der Waals surface area contributed by atoms with Crippen molar-refractivity contribution in [3.05, 3.63) is 54.5 Å². The maximum absolute atomic E-state index is 13.3. The first-order valence-corrected chi connectivity index (χ1v) is 10.9. The summed E-state index contributed by atoms with van der Waals surface area (Å²) in [5, 5.41) is 3.61. The van der Waals surface area contributed by atoms with Gasteiger partial charge in [0.15, 0.2) is 5.16 Å². The molecular weight excluding hydrogens is 417 g/mol. The van der Waals surface area contributed by atoms with Crippen molar-refractivity contribution >= 4 is 23.4 Å². The van der Waals surface area contributed by atoms with Crippen LogP contribution in [0.5, 0.6) is 11.5 Å². The van der Waals surface area contributed by atoms with Crippen LogP contribution in [-0.2, 0) is 11.3 Å². The first-order chi connectivity index (χ1) is 14.9. The summed E-state index contributed by atoms with van der Waals surface area (Å²) in [7, 11) is 3.11. The van der Waals surface area contributed by atoms with Gasteiger partial charge in [-0.1, -0.05) is 25.6 Å². The van der Waals surface area contributed by atoms with Crippen LogP contribution in [0, 0.1) is 11.7 Å². The Bertz CT molecular complexity index is 1040. The Balaban J connectivity index is 1.74. The molecule has 0 bridgehead atoms. The van der Waals surface area contributed by atoms with Crippen molar-refractivity contribution in [3.63, 3.8) is 0 Å². The van der Waals surface area contributed by atoms with E-state index in [1.54, 1.807) is 50.7 Å². The average Bonchev–Trinajstić information content (AvgIpc) is 3.14. The van der Waals surface area contributed by atoms with E-state index in [0.717, 1.165) is 23.0 Å². The Hall–Kier alpha value is -3.00. The van der Waals surface area contributed by atoms with Gasteiger partial charge in [0.1, 0.15) is 17.3 Å². The summed E-state index contributed by atoms with van der Waals surface area (Å²) in [6, 6.07) is 11.6. The standard InChI is InChI=1S/C23H26FN3O3S/c1-15(2)13-27-20(16-5-7-17(24)8-6-16)12-25-23(27)31-14-22(28)26-19-10-9-18(29-3)11-21(19)30-4/h5-12,15H,13-14H2,1-4H3,(H,26,28). The van der Waals surface area contributed by atoms with Gasteiger partial charge >= 0.3 is 0 Å². The van der Waals surface area contributed by atoms with Crippen molar-refractivity contribution < 1.29 is 18.7 Å². The van der Waals surface area contributed by atoms with E-state index in [1.165, 1.54) is 23.9 Å². The Morgan fingerprint density at radius 1 is 1.16 bits per heavy atom. The summed E-state index contributed by atoms with van der Waals surface area (Å²) in [5.74, 6) is 1.29. The average molecular weight is 444 g/mol. The second-order valence-corrected chi connectivity index (χ2v) is 8.28. The molecule has 0 aliphatic rings. The summed E-state index contributed by atoms with van der Waals surface area (Å²) in [6.07, 6.45) is 1.77. The highest BCUT2D eigenvalue weighted by Crippen LogP contribution is 2.30. The molecule has 0 fully saturated rings. The number of carbonyl (C=O) groups excluding carboxylic acids is 1. The van der Waals surface area contributed by atoms with Crippen molar-refractivity contribution in [2.75, 3.05) is 25.3 Å². The Morgan fingerprint density at radius 3 is 2.55 bits per heavy atom. The van der Waals surface area contributed by atoms with Gasteiger partial charge in [-0.2, -0.15) is 0 Å². The van der Waals surface area contributed by atoms with Crippen LogP contribution in [0.3, 0.4) is 0 Å². The van der Waals surface area contributed by atoms with Crippen molar-refractivity contribution in [1.82, 2.24) is 9.55 Å². The Morgan fingerprint density at radius 2 is 1.90 bits per heavy atom. The third-order valence-electron chi connectivity index (χ3n) is 4.52. The molecule has 164 valence electrons. The molecular formula is C23H26FN3O3S. The zero-order chi connectivity index (χ0) is 22.4. The van der Waals surface area contributed by atoms with Crippen molar-refractivity contribution in [2.24, 2.45) is 5.92 Å². The van der Waals surface area contributed by atoms with Crippen LogP contribution in [0.15, 0.2) is 53.8 Å². The molecule has 0 saturated heterocycles. The molecule has 0 radical (unpaired) electrons. The molecule has 3 aromatic rings. The molecule has 0 saturated carbocycles. The molecule has 8 heteroatoms. The minimum atomic E-state index is -0.279. The Kier molecular flexibility index (Phi) is 7.57. The second-order valence-electron chi connectivity index (χ2n) is 7.34. The fourth-order valence-corrected chi connectivity index (χ4v) is 3.87. The molecule has 1 aromatic heterocycles. The minimum Gasteiger partial charge on any atom is -0.497 e. The number of amides is 1. The monoisotopic (exact) mass is 443 g/mol. The number of benzene rings is 2. The molecule has 2 aromatic carbocycles. The highest BCUT2D eigenvalue weighted by molar-refractivity contribution is 7.99. The first-order valence-electron chi connectivity index (χ1n) is 9.87. The van der Waals surface area contributed by atoms with Gasteiger partial charge in [-0.15, -0.1) is 0 Å². The van der Waals surface area contributed by atoms with Crippen LogP contribution in [-0.4, -0.2) is 35.4 Å². The topological polar surface area (TPSA) is 65.4 Å². The molecule has 6 nitrogen and oxygen atoms in total. The number of nitrogens with zero attached hydrogens (tertiary/aromatic N) is 2. The van der Waals surface area contributed by atoms with Crippen LogP contribution in [0.2, 0.25) is 0 Å². The third kappa shape index (κ3) is 5.79. The van der Waals surface area contributed by atoms with Gasteiger partial charge in [-0.3, -0.25) is 4.79 Å². The maximum Gasteiger partial charge on any atom is 0.234 e. The number of halogens is 1. The molecule has 0 aliphatic carbocycles. The fraction of sp³-hybridized carbons (Fsp3) is 0.304. The van der Waals surface area contributed by atoms with E-state index >= 15 is 0 Å². The smallest absolute Gasteiger partial charge is 0.234 e. The number of methoxy groups -OCH3 is 2. The van der Waals surface area contributed by atoms with Gasteiger partial charge in [0, 0.05) is 12.6 Å². The van der Waals surface area contributed by atoms with Gasteiger partial charge in [0.2, 0.25) is 5.91 Å². The molecule has 3 rings (SSSR count). The van der Waals surface area contributed by atoms with E-state index in [4.69, 9.17) is 9.47 Å². The van der Waals surface area contributed by atoms with Crippen LogP contribution in [0.4, 0.5) is 10.1 Å². The molecule has 1 heterocycles. The lowest BCUT2D eigenvalue weighted by Gasteiger charge is -2.14. The highest BCUT2D eigenvalue weighted by atomic mass is 32.2. The summed E-state index contributed by atoms with van der Waals surface area (Å²) in [6.45, 7) is 4.97. The van der Waals surface area contributed by atoms with Crippen LogP contribution in [0.1, 0.15) is 13.8 Å². The normalized spacial score (nSPS) is 10.9. The summed E-state index contributed by atoms with van der Waals surface area (Å²) in [4.78, 5) is 17.1. The molecule has 1 amide bonds. The lowest BCUT2D eigenvalue weighted by molar-refractivity contribution is -0.113. The second kappa shape index (κ2) is 10.3.